The molecule has 0 radical (unpaired) electrons. The van der Waals surface area contributed by atoms with Crippen LogP contribution in [0.4, 0.5) is 5.69 Å². The molecule has 0 aliphatic rings. The van der Waals surface area contributed by atoms with E-state index in [1.807, 2.05) is 18.2 Å². The topological polar surface area (TPSA) is 35.2 Å². The van der Waals surface area contributed by atoms with Crippen LogP contribution in [-0.2, 0) is 0 Å². The average molecular weight is 268 g/mol. The summed E-state index contributed by atoms with van der Waals surface area (Å²) in [6, 6.07) is 10.9. The smallest absolute Gasteiger partial charge is 0.138 e. The molecule has 0 heterocycles. The molecule has 2 nitrogen and oxygen atoms in total. The normalized spacial score (nSPS) is 10.3. The van der Waals surface area contributed by atoms with Crippen molar-refractivity contribution >= 4 is 28.9 Å². The molecule has 0 aromatic heterocycles. The van der Waals surface area contributed by atoms with Crippen molar-refractivity contribution in [2.75, 3.05) is 12.8 Å². The molecule has 0 aliphatic carbocycles. The minimum absolute atomic E-state index is 0.573. The van der Waals surface area contributed by atoms with E-state index in [-0.39, 0.29) is 0 Å². The van der Waals surface area contributed by atoms with Crippen LogP contribution in [0.3, 0.4) is 0 Å². The van der Waals surface area contributed by atoms with E-state index in [1.165, 1.54) is 0 Å². The van der Waals surface area contributed by atoms with Crippen molar-refractivity contribution in [3.8, 4) is 16.9 Å². The molecule has 0 saturated heterocycles. The van der Waals surface area contributed by atoms with Gasteiger partial charge in [-0.2, -0.15) is 0 Å². The van der Waals surface area contributed by atoms with Crippen molar-refractivity contribution in [1.82, 2.24) is 0 Å². The number of benzene rings is 2. The number of hydrogen-bond donors (Lipinski definition) is 1. The van der Waals surface area contributed by atoms with Gasteiger partial charge in [0.05, 0.1) is 12.1 Å². The van der Waals surface area contributed by atoms with Gasteiger partial charge in [-0.25, -0.2) is 0 Å². The van der Waals surface area contributed by atoms with Gasteiger partial charge in [0.25, 0.3) is 0 Å². The first-order valence-electron chi connectivity index (χ1n) is 5.01. The van der Waals surface area contributed by atoms with Crippen molar-refractivity contribution in [3.05, 3.63) is 46.4 Å². The van der Waals surface area contributed by atoms with Crippen LogP contribution in [0.25, 0.3) is 11.1 Å². The van der Waals surface area contributed by atoms with Crippen LogP contribution in [0.1, 0.15) is 0 Å². The molecule has 17 heavy (non-hydrogen) atoms. The highest BCUT2D eigenvalue weighted by Gasteiger charge is 2.07. The standard InChI is InChI=1S/C13H11Cl2NO/c1-17-13-6-8(2-5-11(13)15)10-4-3-9(14)7-12(10)16/h2-7H,16H2,1H3. The Hall–Kier alpha value is -1.38. The third-order valence-corrected chi connectivity index (χ3v) is 3.02. The highest BCUT2D eigenvalue weighted by Crippen LogP contribution is 2.33. The van der Waals surface area contributed by atoms with Crippen LogP contribution >= 0.6 is 23.2 Å². The number of methoxy groups -OCH3 is 1. The summed E-state index contributed by atoms with van der Waals surface area (Å²) < 4.78 is 5.17. The Labute approximate surface area is 110 Å². The summed E-state index contributed by atoms with van der Waals surface area (Å²) in [4.78, 5) is 0. The Morgan fingerprint density at radius 2 is 1.82 bits per heavy atom. The van der Waals surface area contributed by atoms with Gasteiger partial charge in [0.15, 0.2) is 0 Å². The summed E-state index contributed by atoms with van der Waals surface area (Å²) in [5, 5.41) is 1.19. The number of anilines is 1. The molecule has 2 rings (SSSR count). The maximum absolute atomic E-state index is 5.97. The molecule has 0 spiro atoms. The number of nitrogens with two attached hydrogens (primary N) is 1. The number of nitrogen functional groups attached to an aromatic ring is 1. The highest BCUT2D eigenvalue weighted by molar-refractivity contribution is 6.32. The fraction of sp³-hybridized carbons (Fsp3) is 0.0769. The predicted octanol–water partition coefficient (Wildman–Crippen LogP) is 4.25. The van der Waals surface area contributed by atoms with Crippen LogP contribution < -0.4 is 10.5 Å². The zero-order chi connectivity index (χ0) is 12.4. The molecule has 0 fully saturated rings. The molecule has 4 heteroatoms. The lowest BCUT2D eigenvalue weighted by Crippen LogP contribution is -1.91. The molecule has 0 bridgehead atoms. The van der Waals surface area contributed by atoms with Gasteiger partial charge in [-0.1, -0.05) is 35.3 Å². The van der Waals surface area contributed by atoms with E-state index in [0.29, 0.717) is 21.5 Å². The first-order chi connectivity index (χ1) is 8.11. The first kappa shape index (κ1) is 12.1. The maximum atomic E-state index is 5.97. The summed E-state index contributed by atoms with van der Waals surface area (Å²) in [6.45, 7) is 0. The second-order valence-corrected chi connectivity index (χ2v) is 4.42. The Morgan fingerprint density at radius 3 is 2.47 bits per heavy atom. The Bertz CT molecular complexity index is 555. The molecule has 2 N–H and O–H groups in total. The van der Waals surface area contributed by atoms with Gasteiger partial charge in [-0.3, -0.25) is 0 Å². The van der Waals surface area contributed by atoms with E-state index in [0.717, 1.165) is 11.1 Å². The summed E-state index contributed by atoms with van der Waals surface area (Å²) in [6.07, 6.45) is 0. The number of ether oxygens (including phenoxy) is 1. The fourth-order valence-electron chi connectivity index (χ4n) is 1.62. The van der Waals surface area contributed by atoms with Crippen LogP contribution in [0.15, 0.2) is 36.4 Å². The molecule has 2 aromatic rings. The van der Waals surface area contributed by atoms with Crippen molar-refractivity contribution in [2.45, 2.75) is 0 Å². The third-order valence-electron chi connectivity index (χ3n) is 2.48. The quantitative estimate of drug-likeness (QED) is 0.826. The van der Waals surface area contributed by atoms with Crippen molar-refractivity contribution < 1.29 is 4.74 Å². The van der Waals surface area contributed by atoms with Crippen LogP contribution in [-0.4, -0.2) is 7.11 Å². The van der Waals surface area contributed by atoms with Crippen LogP contribution in [0.2, 0.25) is 10.0 Å². The lowest BCUT2D eigenvalue weighted by atomic mass is 10.0. The summed E-state index contributed by atoms with van der Waals surface area (Å²) in [5.41, 5.74) is 8.40. The van der Waals surface area contributed by atoms with E-state index in [4.69, 9.17) is 33.7 Å². The van der Waals surface area contributed by atoms with Crippen LogP contribution in [0, 0.1) is 0 Å². The zero-order valence-corrected chi connectivity index (χ0v) is 10.7. The van der Waals surface area contributed by atoms with Gasteiger partial charge in [0.1, 0.15) is 5.75 Å². The molecule has 0 amide bonds. The number of rotatable bonds is 2. The average Bonchev–Trinajstić information content (AvgIpc) is 2.30. The molecule has 88 valence electrons. The van der Waals surface area contributed by atoms with Crippen LogP contribution in [0.5, 0.6) is 5.75 Å². The zero-order valence-electron chi connectivity index (χ0n) is 9.21. The van der Waals surface area contributed by atoms with Gasteiger partial charge in [0.2, 0.25) is 0 Å². The van der Waals surface area contributed by atoms with Gasteiger partial charge < -0.3 is 10.5 Å². The highest BCUT2D eigenvalue weighted by atomic mass is 35.5. The summed E-state index contributed by atoms with van der Waals surface area (Å²) >= 11 is 11.8. The monoisotopic (exact) mass is 267 g/mol. The van der Waals surface area contributed by atoms with E-state index in [1.54, 1.807) is 25.3 Å². The van der Waals surface area contributed by atoms with Gasteiger partial charge in [-0.15, -0.1) is 0 Å². The van der Waals surface area contributed by atoms with Gasteiger partial charge >= 0.3 is 0 Å². The lowest BCUT2D eigenvalue weighted by Gasteiger charge is -2.09. The number of halogens is 2. The molecule has 2 aromatic carbocycles. The molecular weight excluding hydrogens is 257 g/mol. The van der Waals surface area contributed by atoms with E-state index >= 15 is 0 Å². The second-order valence-electron chi connectivity index (χ2n) is 3.58. The molecular formula is C13H11Cl2NO. The molecule has 0 aliphatic heterocycles. The third kappa shape index (κ3) is 2.48. The Morgan fingerprint density at radius 1 is 1.06 bits per heavy atom. The first-order valence-corrected chi connectivity index (χ1v) is 5.76. The largest absolute Gasteiger partial charge is 0.495 e. The predicted molar refractivity (Wildman–Crippen MR) is 72.9 cm³/mol. The Kier molecular flexibility index (Phi) is 3.46. The fourth-order valence-corrected chi connectivity index (χ4v) is 2.00. The van der Waals surface area contributed by atoms with E-state index in [9.17, 15) is 0 Å². The van der Waals surface area contributed by atoms with E-state index in [2.05, 4.69) is 0 Å². The second kappa shape index (κ2) is 4.86. The van der Waals surface area contributed by atoms with Crippen molar-refractivity contribution in [3.63, 3.8) is 0 Å². The summed E-state index contributed by atoms with van der Waals surface area (Å²) in [7, 11) is 1.58. The Balaban J connectivity index is 2.53. The molecule has 0 atom stereocenters. The minimum atomic E-state index is 0.573. The molecule has 0 unspecified atom stereocenters. The maximum Gasteiger partial charge on any atom is 0.138 e. The van der Waals surface area contributed by atoms with E-state index < -0.39 is 0 Å². The van der Waals surface area contributed by atoms with Gasteiger partial charge in [-0.05, 0) is 29.8 Å². The van der Waals surface area contributed by atoms with Gasteiger partial charge in [0, 0.05) is 16.3 Å². The van der Waals surface area contributed by atoms with Crippen molar-refractivity contribution in [1.29, 1.82) is 0 Å². The SMILES string of the molecule is COc1cc(-c2ccc(Cl)cc2N)ccc1Cl. The number of hydrogen-bond acceptors (Lipinski definition) is 2. The lowest BCUT2D eigenvalue weighted by molar-refractivity contribution is 0.415. The molecule has 0 saturated carbocycles. The summed E-state index contributed by atoms with van der Waals surface area (Å²) in [5.74, 6) is 0.624. The van der Waals surface area contributed by atoms with Crippen molar-refractivity contribution in [2.24, 2.45) is 0 Å². The minimum Gasteiger partial charge on any atom is -0.495 e.